The number of hydrogen-bond donors (Lipinski definition) is 3. The third-order valence-corrected chi connectivity index (χ3v) is 2.51. The van der Waals surface area contributed by atoms with Crippen molar-refractivity contribution in [2.45, 2.75) is 5.54 Å². The third kappa shape index (κ3) is 1.20. The summed E-state index contributed by atoms with van der Waals surface area (Å²) in [6.45, 7) is -0.00981. The third-order valence-electron chi connectivity index (χ3n) is 2.51. The fourth-order valence-electron chi connectivity index (χ4n) is 1.71. The number of carbonyl (C=O) groups excluding carboxylic acids is 2. The van der Waals surface area contributed by atoms with Crippen LogP contribution in [0.1, 0.15) is 5.69 Å². The van der Waals surface area contributed by atoms with Crippen LogP contribution in [0.3, 0.4) is 0 Å². The summed E-state index contributed by atoms with van der Waals surface area (Å²) < 4.78 is 1.51. The Bertz CT molecular complexity index is 426. The van der Waals surface area contributed by atoms with E-state index >= 15 is 0 Å². The summed E-state index contributed by atoms with van der Waals surface area (Å²) in [4.78, 5) is 22.8. The summed E-state index contributed by atoms with van der Waals surface area (Å²) in [6, 6.07) is 1.12. The molecule has 1 saturated heterocycles. The molecule has 4 N–H and O–H groups in total. The lowest BCUT2D eigenvalue weighted by Crippen LogP contribution is -2.51. The minimum absolute atomic E-state index is 0.00981. The lowest BCUT2D eigenvalue weighted by molar-refractivity contribution is -0.124. The highest BCUT2D eigenvalue weighted by Gasteiger charge is 2.48. The molecule has 1 fully saturated rings. The van der Waals surface area contributed by atoms with Crippen LogP contribution in [0.5, 0.6) is 0 Å². The largest absolute Gasteiger partial charge is 0.327 e. The maximum atomic E-state index is 11.7. The highest BCUT2D eigenvalue weighted by atomic mass is 16.2. The highest BCUT2D eigenvalue weighted by molar-refractivity contribution is 6.07. The molecule has 0 saturated carbocycles. The quantitative estimate of drug-likeness (QED) is 0.511. The van der Waals surface area contributed by atoms with Crippen LogP contribution in [-0.4, -0.2) is 28.3 Å². The van der Waals surface area contributed by atoms with E-state index in [1.807, 2.05) is 0 Å². The van der Waals surface area contributed by atoms with Crippen LogP contribution in [0.2, 0.25) is 0 Å². The highest BCUT2D eigenvalue weighted by Crippen LogP contribution is 2.22. The zero-order valence-electron chi connectivity index (χ0n) is 8.15. The number of rotatable bonds is 2. The molecule has 1 aromatic rings. The molecule has 80 valence electrons. The van der Waals surface area contributed by atoms with E-state index in [9.17, 15) is 9.59 Å². The van der Waals surface area contributed by atoms with Crippen molar-refractivity contribution in [1.82, 2.24) is 20.4 Å². The summed E-state index contributed by atoms with van der Waals surface area (Å²) in [5.74, 6) is -0.446. The van der Waals surface area contributed by atoms with Gasteiger partial charge in [0.2, 0.25) is 0 Å². The standard InChI is InChI=1S/C8H11N5O2/c1-13-5(2-3-10-13)8(4-9)6(14)11-7(15)12-8/h2-3H,4,9H2,1H3,(H2,11,12,14,15). The van der Waals surface area contributed by atoms with E-state index in [0.717, 1.165) is 0 Å². The Labute approximate surface area is 85.6 Å². The number of nitrogens with zero attached hydrogens (tertiary/aromatic N) is 2. The maximum Gasteiger partial charge on any atom is 0.322 e. The van der Waals surface area contributed by atoms with Crippen LogP contribution >= 0.6 is 0 Å². The molecule has 0 spiro atoms. The van der Waals surface area contributed by atoms with E-state index in [-0.39, 0.29) is 6.54 Å². The van der Waals surface area contributed by atoms with Crippen molar-refractivity contribution in [3.8, 4) is 0 Å². The Balaban J connectivity index is 2.51. The fraction of sp³-hybridized carbons (Fsp3) is 0.375. The molecule has 3 amide bonds. The number of aromatic nitrogens is 2. The van der Waals surface area contributed by atoms with Gasteiger partial charge in [-0.05, 0) is 6.07 Å². The first-order valence-electron chi connectivity index (χ1n) is 4.42. The van der Waals surface area contributed by atoms with Gasteiger partial charge in [-0.25, -0.2) is 4.79 Å². The molecule has 1 unspecified atom stereocenters. The summed E-state index contributed by atoms with van der Waals surface area (Å²) in [5, 5.41) is 8.63. The van der Waals surface area contributed by atoms with Gasteiger partial charge in [-0.1, -0.05) is 0 Å². The molecule has 2 heterocycles. The van der Waals surface area contributed by atoms with E-state index in [1.54, 1.807) is 19.3 Å². The first kappa shape index (κ1) is 9.66. The second-order valence-electron chi connectivity index (χ2n) is 3.36. The molecule has 2 rings (SSSR count). The van der Waals surface area contributed by atoms with Crippen molar-refractivity contribution in [3.63, 3.8) is 0 Å². The zero-order valence-corrected chi connectivity index (χ0v) is 8.15. The van der Waals surface area contributed by atoms with E-state index < -0.39 is 17.5 Å². The Morgan fingerprint density at radius 2 is 2.33 bits per heavy atom. The van der Waals surface area contributed by atoms with Crippen LogP contribution in [0.15, 0.2) is 12.3 Å². The molecule has 1 aliphatic rings. The van der Waals surface area contributed by atoms with Gasteiger partial charge >= 0.3 is 6.03 Å². The Morgan fingerprint density at radius 3 is 2.73 bits per heavy atom. The number of nitrogens with one attached hydrogen (secondary N) is 2. The van der Waals surface area contributed by atoms with Crippen molar-refractivity contribution in [2.24, 2.45) is 12.8 Å². The Morgan fingerprint density at radius 1 is 1.60 bits per heavy atom. The number of hydrogen-bond acceptors (Lipinski definition) is 4. The molecule has 7 heteroatoms. The van der Waals surface area contributed by atoms with Crippen LogP contribution in [0.4, 0.5) is 4.79 Å². The fourth-order valence-corrected chi connectivity index (χ4v) is 1.71. The molecular formula is C8H11N5O2. The van der Waals surface area contributed by atoms with Gasteiger partial charge in [-0.15, -0.1) is 0 Å². The number of amides is 3. The van der Waals surface area contributed by atoms with Crippen LogP contribution in [0.25, 0.3) is 0 Å². The van der Waals surface area contributed by atoms with Gasteiger partial charge in [-0.3, -0.25) is 14.8 Å². The second kappa shape index (κ2) is 3.06. The molecule has 1 aromatic heterocycles. The molecule has 0 aromatic carbocycles. The average molecular weight is 209 g/mol. The van der Waals surface area contributed by atoms with Crippen LogP contribution < -0.4 is 16.4 Å². The van der Waals surface area contributed by atoms with Crippen LogP contribution in [0, 0.1) is 0 Å². The van der Waals surface area contributed by atoms with E-state index in [4.69, 9.17) is 5.73 Å². The van der Waals surface area contributed by atoms with Gasteiger partial charge in [0.1, 0.15) is 0 Å². The molecular weight excluding hydrogens is 198 g/mol. The summed E-state index contributed by atoms with van der Waals surface area (Å²) in [7, 11) is 1.69. The average Bonchev–Trinajstić information content (AvgIpc) is 2.71. The van der Waals surface area contributed by atoms with E-state index in [0.29, 0.717) is 5.69 Å². The summed E-state index contributed by atoms with van der Waals surface area (Å²) in [6.07, 6.45) is 1.55. The van der Waals surface area contributed by atoms with Gasteiger partial charge in [-0.2, -0.15) is 5.10 Å². The number of nitrogens with two attached hydrogens (primary N) is 1. The Hall–Kier alpha value is -1.89. The number of carbonyl (C=O) groups is 2. The molecule has 15 heavy (non-hydrogen) atoms. The van der Waals surface area contributed by atoms with Crippen molar-refractivity contribution in [2.75, 3.05) is 6.54 Å². The predicted octanol–water partition coefficient (Wildman–Crippen LogP) is -1.59. The number of urea groups is 1. The Kier molecular flexibility index (Phi) is 1.97. The predicted molar refractivity (Wildman–Crippen MR) is 50.6 cm³/mol. The minimum atomic E-state index is -1.19. The maximum absolute atomic E-state index is 11.7. The number of imide groups is 1. The van der Waals surface area contributed by atoms with Crippen molar-refractivity contribution >= 4 is 11.9 Å². The smallest absolute Gasteiger partial charge is 0.322 e. The van der Waals surface area contributed by atoms with Gasteiger partial charge in [0, 0.05) is 19.8 Å². The lowest BCUT2D eigenvalue weighted by Gasteiger charge is -2.23. The lowest BCUT2D eigenvalue weighted by atomic mass is 9.95. The summed E-state index contributed by atoms with van der Waals surface area (Å²) >= 11 is 0. The molecule has 0 bridgehead atoms. The summed E-state index contributed by atoms with van der Waals surface area (Å²) in [5.41, 5.74) is 4.94. The molecule has 1 aliphatic heterocycles. The SMILES string of the molecule is Cn1nccc1C1(CN)NC(=O)NC1=O. The topological polar surface area (TPSA) is 102 Å². The molecule has 1 atom stereocenters. The normalized spacial score (nSPS) is 25.2. The molecule has 0 radical (unpaired) electrons. The van der Waals surface area contributed by atoms with E-state index in [2.05, 4.69) is 15.7 Å². The zero-order chi connectivity index (χ0) is 11.1. The van der Waals surface area contributed by atoms with Gasteiger partial charge in [0.05, 0.1) is 5.69 Å². The second-order valence-corrected chi connectivity index (χ2v) is 3.36. The van der Waals surface area contributed by atoms with E-state index in [1.165, 1.54) is 4.68 Å². The van der Waals surface area contributed by atoms with Crippen molar-refractivity contribution < 1.29 is 9.59 Å². The molecule has 7 nitrogen and oxygen atoms in total. The monoisotopic (exact) mass is 209 g/mol. The van der Waals surface area contributed by atoms with Gasteiger partial charge in [0.25, 0.3) is 5.91 Å². The van der Waals surface area contributed by atoms with Crippen molar-refractivity contribution in [3.05, 3.63) is 18.0 Å². The van der Waals surface area contributed by atoms with Gasteiger partial charge in [0.15, 0.2) is 5.54 Å². The van der Waals surface area contributed by atoms with Gasteiger partial charge < -0.3 is 11.1 Å². The van der Waals surface area contributed by atoms with Crippen molar-refractivity contribution in [1.29, 1.82) is 0 Å². The minimum Gasteiger partial charge on any atom is -0.327 e. The number of aryl methyl sites for hydroxylation is 1. The molecule has 0 aliphatic carbocycles. The van der Waals surface area contributed by atoms with Crippen LogP contribution in [-0.2, 0) is 17.4 Å². The first-order chi connectivity index (χ1) is 7.10. The first-order valence-corrected chi connectivity index (χ1v) is 4.42.